The van der Waals surface area contributed by atoms with Gasteiger partial charge in [-0.25, -0.2) is 19.4 Å². The van der Waals surface area contributed by atoms with E-state index in [9.17, 15) is 43.2 Å². The molecular formula is C74H86N15O20P3+2. The summed E-state index contributed by atoms with van der Waals surface area (Å²) in [5, 5.41) is 17.4. The summed E-state index contributed by atoms with van der Waals surface area (Å²) < 4.78 is 112. The molecule has 3 amide bonds. The van der Waals surface area contributed by atoms with Crippen LogP contribution >= 0.6 is 25.0 Å². The molecule has 3 saturated heterocycles. The number of nitrogens with zero attached hydrogens (tertiary/aromatic N) is 10. The molecule has 0 spiro atoms. The maximum absolute atomic E-state index is 14.8. The van der Waals surface area contributed by atoms with Gasteiger partial charge in [0.05, 0.1) is 58.7 Å². The number of nitriles is 1. The summed E-state index contributed by atoms with van der Waals surface area (Å²) in [7, 11) is -5.20. The van der Waals surface area contributed by atoms with E-state index in [1.54, 1.807) is 96.5 Å². The van der Waals surface area contributed by atoms with E-state index in [1.165, 1.54) is 38.6 Å². The number of aromatic amines is 2. The number of anilines is 3. The van der Waals surface area contributed by atoms with Crippen LogP contribution in [0, 0.1) is 23.2 Å². The van der Waals surface area contributed by atoms with Crippen LogP contribution in [0.15, 0.2) is 148 Å². The summed E-state index contributed by atoms with van der Waals surface area (Å²) >= 11 is 0. The summed E-state index contributed by atoms with van der Waals surface area (Å²) in [6.07, 6.45) is -6.16. The standard InChI is InChI=1S/C74H84N15O20P3/c1-42(2)66(90)82-71-80-64-62(69(93)84-71)76-40-87(64)60-34-52(107-110(101-33-17-31-75)89(44(5)6)45(7)8)56(105-60)38-102-112(97)109-54-36-61(88-41-77-63-65(88)81-72(85-70(63)94)83-67(91)43(3)4)106-57(54)39-103-111(96)108-53-35-59(86-32-30-58(79-73(86)95)78-68(92)46-18-13-11-14-19-46)104-55(53)37-100-74(47-20-15-12-16-21-47,48-22-26-50(98-9)27-23-48)49-24-28-51(99-10)29-25-49/h11-16,18-30,32,40-45,52-57,59-61H,17,33-39H2,1-10H3,(H3-2,78,79,80,81,82,83,84,85,90,91,92,93,94,95)/p+2/t52-,53-,54-,55+,56+,57+,59+,60+,61+,110?/m0/s1. The molecule has 0 saturated carbocycles. The molecule has 12 rings (SSSR count). The number of aromatic nitrogens is 10. The average Bonchev–Trinajstić information content (AvgIpc) is 1.20. The number of nitrogens with one attached hydrogen (secondary N) is 5. The van der Waals surface area contributed by atoms with Gasteiger partial charge in [-0.05, 0) is 86.8 Å². The lowest BCUT2D eigenvalue weighted by atomic mass is 9.80. The second-order valence-corrected chi connectivity index (χ2v) is 30.8. The van der Waals surface area contributed by atoms with E-state index < -0.39 is 146 Å². The minimum Gasteiger partial charge on any atom is -0.497 e. The highest BCUT2D eigenvalue weighted by atomic mass is 31.2. The van der Waals surface area contributed by atoms with E-state index in [4.69, 9.17) is 55.6 Å². The van der Waals surface area contributed by atoms with E-state index in [-0.39, 0.29) is 91.0 Å². The topological polar surface area (TPSA) is 421 Å². The Kier molecular flexibility index (Phi) is 26.8. The van der Waals surface area contributed by atoms with Crippen LogP contribution in [0.1, 0.15) is 127 Å². The Hall–Kier alpha value is -9.85. The number of methoxy groups -OCH3 is 2. The molecule has 0 aliphatic carbocycles. The number of fused-ring (bicyclic) bond motifs is 2. The van der Waals surface area contributed by atoms with Crippen molar-refractivity contribution in [1.29, 1.82) is 5.26 Å². The summed E-state index contributed by atoms with van der Waals surface area (Å²) in [6.45, 7) is 13.3. The molecule has 3 unspecified atom stereocenters. The van der Waals surface area contributed by atoms with Gasteiger partial charge in [-0.15, -0.1) is 18.1 Å². The normalized spacial score (nSPS) is 20.4. The SMILES string of the molecule is COc1ccc(C(OC[C@H]2O[C@@H](n3ccc(NC(=O)c4ccccc4)nc3=O)C[C@@H]2O[P+](=O)OC[C@H]2O[C@@H](n3cnc4c(=O)[nH]c(NC(=O)C(C)C)nc43)C[C@@H]2O[P+](=O)OC[C@H]2O[C@@H](n3cnc4c(=O)[nH]c(NC(=O)C(C)C)nc43)C[C@@H]2OP(OCCC#N)N(C(C)C)C(C)C)(c2ccccc2)c2ccc(OC)cc2)cc1. The van der Waals surface area contributed by atoms with Gasteiger partial charge in [0.15, 0.2) is 22.3 Å². The quantitative estimate of drug-likeness (QED) is 0.0140. The van der Waals surface area contributed by atoms with Crippen LogP contribution in [0.2, 0.25) is 0 Å². The molecule has 590 valence electrons. The van der Waals surface area contributed by atoms with Gasteiger partial charge in [0.2, 0.25) is 23.7 Å². The summed E-state index contributed by atoms with van der Waals surface area (Å²) in [5.41, 5.74) is -1.28. The third kappa shape index (κ3) is 18.9. The molecule has 0 bridgehead atoms. The zero-order chi connectivity index (χ0) is 79.5. The number of hydrogen-bond donors (Lipinski definition) is 5. The van der Waals surface area contributed by atoms with Crippen LogP contribution < -0.4 is 42.2 Å². The fourth-order valence-corrected chi connectivity index (χ4v) is 16.3. The minimum absolute atomic E-state index is 0.0191. The highest BCUT2D eigenvalue weighted by Gasteiger charge is 2.51. The van der Waals surface area contributed by atoms with E-state index >= 15 is 0 Å². The third-order valence-electron chi connectivity index (χ3n) is 18.6. The smallest absolute Gasteiger partial charge is 0.497 e. The van der Waals surface area contributed by atoms with Gasteiger partial charge in [0.25, 0.3) is 25.6 Å². The van der Waals surface area contributed by atoms with Crippen LogP contribution in [0.5, 0.6) is 11.5 Å². The van der Waals surface area contributed by atoms with E-state index in [2.05, 4.69) is 56.9 Å². The first kappa shape index (κ1) is 81.6. The molecule has 12 atom stereocenters. The van der Waals surface area contributed by atoms with E-state index in [1.807, 2.05) is 87.0 Å². The van der Waals surface area contributed by atoms with E-state index in [0.717, 1.165) is 0 Å². The first-order chi connectivity index (χ1) is 53.9. The predicted octanol–water partition coefficient (Wildman–Crippen LogP) is 10.6. The second kappa shape index (κ2) is 36.8. The van der Waals surface area contributed by atoms with Crippen molar-refractivity contribution in [1.82, 2.24) is 53.3 Å². The van der Waals surface area contributed by atoms with Gasteiger partial charge in [0, 0.05) is 64.1 Å². The number of imidazole rings is 2. The number of benzene rings is 4. The lowest BCUT2D eigenvalue weighted by molar-refractivity contribution is -0.119. The lowest BCUT2D eigenvalue weighted by Crippen LogP contribution is -2.38. The molecular weight excluding hydrogens is 1510 g/mol. The molecule has 3 fully saturated rings. The fraction of sp³-hybridized carbons (Fsp3) is 0.432. The van der Waals surface area contributed by atoms with Gasteiger partial charge in [-0.1, -0.05) is 100 Å². The Morgan fingerprint density at radius 3 is 1.53 bits per heavy atom. The first-order valence-electron chi connectivity index (χ1n) is 36.2. The van der Waals surface area contributed by atoms with Crippen molar-refractivity contribution in [2.24, 2.45) is 11.8 Å². The number of rotatable bonds is 35. The van der Waals surface area contributed by atoms with Gasteiger partial charge in [-0.2, -0.15) is 20.2 Å². The number of carbonyl (C=O) groups excluding carboxylic acids is 3. The fourth-order valence-electron chi connectivity index (χ4n) is 13.0. The Labute approximate surface area is 645 Å². The molecule has 112 heavy (non-hydrogen) atoms. The minimum atomic E-state index is -3.21. The Bertz CT molecular complexity index is 4990. The number of H-pyrrole nitrogens is 2. The largest absolute Gasteiger partial charge is 0.697 e. The first-order valence-corrected chi connectivity index (χ1v) is 39.5. The molecule has 5 aromatic heterocycles. The maximum Gasteiger partial charge on any atom is 0.697 e. The van der Waals surface area contributed by atoms with Crippen LogP contribution in [0.3, 0.4) is 0 Å². The highest BCUT2D eigenvalue weighted by Crippen LogP contribution is 2.51. The second-order valence-electron chi connectivity index (χ2n) is 27.5. The molecule has 8 heterocycles. The average molecular weight is 1600 g/mol. The van der Waals surface area contributed by atoms with Gasteiger partial charge >= 0.3 is 22.2 Å². The van der Waals surface area contributed by atoms with Crippen molar-refractivity contribution in [2.75, 3.05) is 56.6 Å². The van der Waals surface area contributed by atoms with Crippen LogP contribution in [-0.2, 0) is 70.4 Å². The highest BCUT2D eigenvalue weighted by molar-refractivity contribution is 7.44. The van der Waals surface area contributed by atoms with E-state index in [0.29, 0.717) is 33.8 Å². The number of amides is 3. The zero-order valence-electron chi connectivity index (χ0n) is 62.8. The van der Waals surface area contributed by atoms with Crippen molar-refractivity contribution in [3.63, 3.8) is 0 Å². The molecule has 35 nitrogen and oxygen atoms in total. The van der Waals surface area contributed by atoms with Crippen molar-refractivity contribution in [2.45, 2.75) is 154 Å². The third-order valence-corrected chi connectivity index (χ3v) is 22.4. The van der Waals surface area contributed by atoms with Crippen LogP contribution in [0.25, 0.3) is 22.3 Å². The van der Waals surface area contributed by atoms with Gasteiger partial charge < -0.3 is 42.8 Å². The number of carbonyl (C=O) groups is 3. The zero-order valence-corrected chi connectivity index (χ0v) is 65.5. The summed E-state index contributed by atoms with van der Waals surface area (Å²) in [5.74, 6) is -1.47. The summed E-state index contributed by atoms with van der Waals surface area (Å²) in [4.78, 5) is 107. The molecule has 9 aromatic rings. The Morgan fingerprint density at radius 1 is 0.607 bits per heavy atom. The van der Waals surface area contributed by atoms with Crippen LogP contribution in [-0.4, -0.2) is 160 Å². The monoisotopic (exact) mass is 1600 g/mol. The van der Waals surface area contributed by atoms with Gasteiger partial charge in [-0.3, -0.25) is 58.3 Å². The lowest BCUT2D eigenvalue weighted by Gasteiger charge is -2.37. The molecule has 5 N–H and O–H groups in total. The van der Waals surface area contributed by atoms with Crippen LogP contribution in [0.4, 0.5) is 17.7 Å². The van der Waals surface area contributed by atoms with Crippen molar-refractivity contribution in [3.8, 4) is 17.6 Å². The summed E-state index contributed by atoms with van der Waals surface area (Å²) in [6, 6.07) is 35.8. The number of ether oxygens (including phenoxy) is 6. The maximum atomic E-state index is 14.8. The van der Waals surface area contributed by atoms with Crippen molar-refractivity contribution < 1.29 is 79.1 Å². The molecule has 38 heteroatoms. The van der Waals surface area contributed by atoms with Crippen molar-refractivity contribution in [3.05, 3.63) is 188 Å². The van der Waals surface area contributed by atoms with Crippen molar-refractivity contribution >= 4 is 82.8 Å². The molecule has 3 aliphatic rings. The Morgan fingerprint density at radius 2 is 1.06 bits per heavy atom. The molecule has 4 aromatic carbocycles. The Balaban J connectivity index is 0.833. The van der Waals surface area contributed by atoms with Gasteiger partial charge in [0.1, 0.15) is 85.3 Å². The number of hydrogen-bond acceptors (Lipinski definition) is 27. The molecule has 3 aliphatic heterocycles. The molecule has 0 radical (unpaired) electrons. The predicted molar refractivity (Wildman–Crippen MR) is 407 cm³/mol.